The summed E-state index contributed by atoms with van der Waals surface area (Å²) in [7, 11) is -3.40. The molecule has 0 spiro atoms. The topological polar surface area (TPSA) is 52.7 Å². The van der Waals surface area contributed by atoms with Crippen molar-refractivity contribution in [2.24, 2.45) is 0 Å². The highest BCUT2D eigenvalue weighted by Gasteiger charge is 2.18. The highest BCUT2D eigenvalue weighted by Crippen LogP contribution is 2.09. The molecule has 2 aromatic rings. The van der Waals surface area contributed by atoms with Crippen LogP contribution in [0.2, 0.25) is 0 Å². The standard InChI is InChI=1S/C19H25N3O2S/c23-25(24,19-9-5-2-6-10-19)20-11-12-21-13-15-22(16-14-21)17-18-7-3-1-4-8-18/h1-10,20H,11-17H2. The molecule has 0 aliphatic carbocycles. The molecule has 0 radical (unpaired) electrons. The third kappa shape index (κ3) is 5.37. The second-order valence-electron chi connectivity index (χ2n) is 6.31. The Morgan fingerprint density at radius 2 is 1.36 bits per heavy atom. The van der Waals surface area contributed by atoms with Gasteiger partial charge in [0.25, 0.3) is 0 Å². The Bertz CT molecular complexity index is 743. The Morgan fingerprint density at radius 1 is 0.800 bits per heavy atom. The molecule has 25 heavy (non-hydrogen) atoms. The Kier molecular flexibility index (Phi) is 6.20. The quantitative estimate of drug-likeness (QED) is 0.819. The van der Waals surface area contributed by atoms with E-state index in [1.807, 2.05) is 12.1 Å². The zero-order valence-corrected chi connectivity index (χ0v) is 15.2. The monoisotopic (exact) mass is 359 g/mol. The van der Waals surface area contributed by atoms with E-state index in [4.69, 9.17) is 0 Å². The largest absolute Gasteiger partial charge is 0.299 e. The fourth-order valence-corrected chi connectivity index (χ4v) is 4.08. The van der Waals surface area contributed by atoms with Crippen molar-refractivity contribution in [2.75, 3.05) is 39.3 Å². The van der Waals surface area contributed by atoms with E-state index in [9.17, 15) is 8.42 Å². The predicted octanol–water partition coefficient (Wildman–Crippen LogP) is 1.78. The molecular weight excluding hydrogens is 334 g/mol. The van der Waals surface area contributed by atoms with Crippen LogP contribution < -0.4 is 4.72 Å². The van der Waals surface area contributed by atoms with Gasteiger partial charge >= 0.3 is 0 Å². The molecule has 5 nitrogen and oxygen atoms in total. The fourth-order valence-electron chi connectivity index (χ4n) is 3.03. The van der Waals surface area contributed by atoms with Gasteiger partial charge in [-0.1, -0.05) is 48.5 Å². The van der Waals surface area contributed by atoms with Crippen LogP contribution in [0.3, 0.4) is 0 Å². The van der Waals surface area contributed by atoms with Gasteiger partial charge in [-0.3, -0.25) is 9.80 Å². The number of nitrogens with zero attached hydrogens (tertiary/aromatic N) is 2. The molecule has 0 saturated carbocycles. The lowest BCUT2D eigenvalue weighted by molar-refractivity contribution is 0.129. The van der Waals surface area contributed by atoms with E-state index in [0.29, 0.717) is 11.4 Å². The Balaban J connectivity index is 1.39. The zero-order chi connectivity index (χ0) is 17.5. The maximum Gasteiger partial charge on any atom is 0.240 e. The summed E-state index contributed by atoms with van der Waals surface area (Å²) >= 11 is 0. The summed E-state index contributed by atoms with van der Waals surface area (Å²) in [5, 5.41) is 0. The van der Waals surface area contributed by atoms with Crippen LogP contribution in [0.25, 0.3) is 0 Å². The van der Waals surface area contributed by atoms with E-state index in [1.165, 1.54) is 5.56 Å². The molecule has 6 heteroatoms. The number of nitrogens with one attached hydrogen (secondary N) is 1. The van der Waals surface area contributed by atoms with E-state index in [0.717, 1.165) is 39.3 Å². The highest BCUT2D eigenvalue weighted by atomic mass is 32.2. The van der Waals surface area contributed by atoms with Gasteiger partial charge in [-0.15, -0.1) is 0 Å². The third-order valence-electron chi connectivity index (χ3n) is 4.49. The molecule has 1 heterocycles. The molecule has 0 amide bonds. The lowest BCUT2D eigenvalue weighted by Gasteiger charge is -2.34. The van der Waals surface area contributed by atoms with Crippen molar-refractivity contribution < 1.29 is 8.42 Å². The Labute approximate surface area is 150 Å². The van der Waals surface area contributed by atoms with Gasteiger partial charge in [0.1, 0.15) is 0 Å². The van der Waals surface area contributed by atoms with Crippen LogP contribution in [-0.4, -0.2) is 57.5 Å². The summed E-state index contributed by atoms with van der Waals surface area (Å²) in [4.78, 5) is 5.08. The molecule has 0 aromatic heterocycles. The number of hydrogen-bond donors (Lipinski definition) is 1. The van der Waals surface area contributed by atoms with Crippen molar-refractivity contribution in [1.29, 1.82) is 0 Å². The molecule has 1 saturated heterocycles. The molecule has 1 aliphatic heterocycles. The Hall–Kier alpha value is -1.73. The van der Waals surface area contributed by atoms with Crippen LogP contribution >= 0.6 is 0 Å². The summed E-state index contributed by atoms with van der Waals surface area (Å²) < 4.78 is 27.1. The minimum atomic E-state index is -3.40. The molecule has 2 aromatic carbocycles. The molecular formula is C19H25N3O2S. The number of sulfonamides is 1. The van der Waals surface area contributed by atoms with Crippen molar-refractivity contribution in [2.45, 2.75) is 11.4 Å². The first-order chi connectivity index (χ1) is 12.1. The summed E-state index contributed by atoms with van der Waals surface area (Å²) in [6.45, 7) is 6.14. The van der Waals surface area contributed by atoms with Crippen LogP contribution in [0.15, 0.2) is 65.6 Å². The van der Waals surface area contributed by atoms with E-state index in [-0.39, 0.29) is 0 Å². The summed E-state index contributed by atoms with van der Waals surface area (Å²) in [6, 6.07) is 19.0. The van der Waals surface area contributed by atoms with Gasteiger partial charge in [-0.05, 0) is 17.7 Å². The average molecular weight is 359 g/mol. The van der Waals surface area contributed by atoms with Crippen LogP contribution in [0.4, 0.5) is 0 Å². The number of piperazine rings is 1. The van der Waals surface area contributed by atoms with E-state index < -0.39 is 10.0 Å². The minimum absolute atomic E-state index is 0.322. The van der Waals surface area contributed by atoms with E-state index in [1.54, 1.807) is 24.3 Å². The summed E-state index contributed by atoms with van der Waals surface area (Å²) in [5.74, 6) is 0. The van der Waals surface area contributed by atoms with Crippen molar-refractivity contribution in [3.8, 4) is 0 Å². The first-order valence-corrected chi connectivity index (χ1v) is 10.2. The van der Waals surface area contributed by atoms with Gasteiger partial charge in [-0.2, -0.15) is 0 Å². The van der Waals surface area contributed by atoms with Crippen LogP contribution in [0.1, 0.15) is 5.56 Å². The van der Waals surface area contributed by atoms with Crippen LogP contribution in [0, 0.1) is 0 Å². The summed E-state index contributed by atoms with van der Waals surface area (Å²) in [6.07, 6.45) is 0. The SMILES string of the molecule is O=S(=O)(NCCN1CCN(Cc2ccccc2)CC1)c1ccccc1. The molecule has 3 rings (SSSR count). The summed E-state index contributed by atoms with van der Waals surface area (Å²) in [5.41, 5.74) is 1.34. The van der Waals surface area contributed by atoms with Crippen molar-refractivity contribution in [3.05, 3.63) is 66.2 Å². The fraction of sp³-hybridized carbons (Fsp3) is 0.368. The third-order valence-corrected chi connectivity index (χ3v) is 5.96. The normalized spacial score (nSPS) is 16.8. The highest BCUT2D eigenvalue weighted by molar-refractivity contribution is 7.89. The number of benzene rings is 2. The molecule has 1 aliphatic rings. The van der Waals surface area contributed by atoms with Gasteiger partial charge in [0.05, 0.1) is 4.90 Å². The minimum Gasteiger partial charge on any atom is -0.299 e. The molecule has 0 bridgehead atoms. The molecule has 0 atom stereocenters. The number of hydrogen-bond acceptors (Lipinski definition) is 4. The first kappa shape index (κ1) is 18.1. The predicted molar refractivity (Wildman–Crippen MR) is 99.8 cm³/mol. The van der Waals surface area contributed by atoms with E-state index in [2.05, 4.69) is 38.8 Å². The number of rotatable bonds is 7. The van der Waals surface area contributed by atoms with E-state index >= 15 is 0 Å². The maximum atomic E-state index is 12.2. The lowest BCUT2D eigenvalue weighted by atomic mass is 10.2. The van der Waals surface area contributed by atoms with Crippen LogP contribution in [0.5, 0.6) is 0 Å². The smallest absolute Gasteiger partial charge is 0.240 e. The molecule has 134 valence electrons. The van der Waals surface area contributed by atoms with Crippen LogP contribution in [-0.2, 0) is 16.6 Å². The van der Waals surface area contributed by atoms with Crippen molar-refractivity contribution in [3.63, 3.8) is 0 Å². The molecule has 1 N–H and O–H groups in total. The second kappa shape index (κ2) is 8.58. The van der Waals surface area contributed by atoms with Gasteiger partial charge < -0.3 is 0 Å². The Morgan fingerprint density at radius 3 is 2.00 bits per heavy atom. The molecule has 1 fully saturated rings. The zero-order valence-electron chi connectivity index (χ0n) is 14.3. The maximum absolute atomic E-state index is 12.2. The van der Waals surface area contributed by atoms with Gasteiger partial charge in [0.15, 0.2) is 0 Å². The van der Waals surface area contributed by atoms with Crippen molar-refractivity contribution in [1.82, 2.24) is 14.5 Å². The lowest BCUT2D eigenvalue weighted by Crippen LogP contribution is -2.48. The average Bonchev–Trinajstić information content (AvgIpc) is 2.65. The van der Waals surface area contributed by atoms with Gasteiger partial charge in [0.2, 0.25) is 10.0 Å². The first-order valence-electron chi connectivity index (χ1n) is 8.67. The molecule has 0 unspecified atom stereocenters. The van der Waals surface area contributed by atoms with Gasteiger partial charge in [-0.25, -0.2) is 13.1 Å². The second-order valence-corrected chi connectivity index (χ2v) is 8.08. The van der Waals surface area contributed by atoms with Gasteiger partial charge in [0, 0.05) is 45.8 Å². The van der Waals surface area contributed by atoms with Crippen molar-refractivity contribution >= 4 is 10.0 Å².